The first-order valence-electron chi connectivity index (χ1n) is 18.9. The Hall–Kier alpha value is -4.72. The van der Waals surface area contributed by atoms with Gasteiger partial charge in [0.2, 0.25) is 17.6 Å². The van der Waals surface area contributed by atoms with Crippen LogP contribution >= 0.6 is 11.6 Å². The summed E-state index contributed by atoms with van der Waals surface area (Å²) in [5, 5.41) is 13.7. The van der Waals surface area contributed by atoms with Gasteiger partial charge in [0.25, 0.3) is 0 Å². The van der Waals surface area contributed by atoms with Crippen LogP contribution in [0.15, 0.2) is 54.6 Å². The van der Waals surface area contributed by atoms with Crippen molar-refractivity contribution >= 4 is 23.4 Å². The number of ketones is 1. The second-order valence-corrected chi connectivity index (χ2v) is 15.6. The van der Waals surface area contributed by atoms with Crippen LogP contribution in [-0.2, 0) is 35.3 Å². The van der Waals surface area contributed by atoms with Gasteiger partial charge in [-0.15, -0.1) is 0 Å². The van der Waals surface area contributed by atoms with Crippen LogP contribution in [-0.4, -0.2) is 65.1 Å². The molecule has 1 aliphatic heterocycles. The van der Waals surface area contributed by atoms with E-state index in [9.17, 15) is 27.9 Å². The standard InChI is InChI=1S/C42H42ClF3N4O6/c1-54-38-23(19-47-18-22-9-11-26(51)15-22)10-13-34(48-38)31-8-4-7-30(36(31)43)27-5-3-6-29-28(27)12-14-35(29)56-40-33(42(44,45)46)17-25(39(49-40)55-2)21-50-20-24-16-32(24)37(50)41(52)53/h3-8,10,13,17,22,24,32,35,37,47H,9,11-12,14-16,18-21H2,1-2H3,(H,52,53)/t22-,24+,32+,35+,37+/m1/s1. The van der Waals surface area contributed by atoms with Gasteiger partial charge in [0.05, 0.1) is 24.9 Å². The number of methoxy groups -OCH3 is 2. The Bertz CT molecular complexity index is 2180. The number of fused-ring (bicyclic) bond motifs is 2. The molecular formula is C42H42ClF3N4O6. The fourth-order valence-corrected chi connectivity index (χ4v) is 9.17. The van der Waals surface area contributed by atoms with Crippen molar-refractivity contribution < 1.29 is 42.1 Å². The fraction of sp³-hybridized carbons (Fsp3) is 0.429. The zero-order chi connectivity index (χ0) is 39.3. The van der Waals surface area contributed by atoms with Gasteiger partial charge >= 0.3 is 12.1 Å². The minimum Gasteiger partial charge on any atom is -0.481 e. The summed E-state index contributed by atoms with van der Waals surface area (Å²) in [4.78, 5) is 34.3. The molecule has 294 valence electrons. The van der Waals surface area contributed by atoms with Crippen molar-refractivity contribution in [2.75, 3.05) is 27.3 Å². The van der Waals surface area contributed by atoms with E-state index < -0.39 is 35.7 Å². The lowest BCUT2D eigenvalue weighted by molar-refractivity contribution is -0.143. The summed E-state index contributed by atoms with van der Waals surface area (Å²) in [7, 11) is 2.90. The number of carbonyl (C=O) groups excluding carboxylic acids is 1. The Kier molecular flexibility index (Phi) is 10.4. The number of likely N-dealkylation sites (tertiary alicyclic amines) is 1. The van der Waals surface area contributed by atoms with Crippen molar-refractivity contribution in [3.63, 3.8) is 0 Å². The molecule has 14 heteroatoms. The first-order chi connectivity index (χ1) is 26.9. The summed E-state index contributed by atoms with van der Waals surface area (Å²) in [6.45, 7) is 1.75. The van der Waals surface area contributed by atoms with Gasteiger partial charge in [-0.25, -0.2) is 4.98 Å². The molecule has 0 unspecified atom stereocenters. The van der Waals surface area contributed by atoms with Crippen LogP contribution < -0.4 is 19.5 Å². The molecule has 1 saturated heterocycles. The Labute approximate surface area is 327 Å². The smallest absolute Gasteiger partial charge is 0.421 e. The van der Waals surface area contributed by atoms with E-state index in [1.165, 1.54) is 7.11 Å². The number of hydrogen-bond donors (Lipinski definition) is 2. The molecule has 0 spiro atoms. The highest BCUT2D eigenvalue weighted by atomic mass is 35.5. The van der Waals surface area contributed by atoms with Crippen molar-refractivity contribution in [1.82, 2.24) is 20.2 Å². The Morgan fingerprint density at radius 3 is 2.45 bits per heavy atom. The zero-order valence-corrected chi connectivity index (χ0v) is 31.8. The van der Waals surface area contributed by atoms with Gasteiger partial charge in [-0.3, -0.25) is 14.5 Å². The summed E-state index contributed by atoms with van der Waals surface area (Å²) < 4.78 is 61.1. The minimum atomic E-state index is -4.79. The summed E-state index contributed by atoms with van der Waals surface area (Å²) in [5.41, 5.74) is 4.55. The third-order valence-electron chi connectivity index (χ3n) is 11.7. The predicted molar refractivity (Wildman–Crippen MR) is 202 cm³/mol. The molecule has 0 amide bonds. The number of nitrogens with one attached hydrogen (secondary N) is 1. The quantitative estimate of drug-likeness (QED) is 0.138. The molecule has 4 aliphatic rings. The van der Waals surface area contributed by atoms with Gasteiger partial charge < -0.3 is 24.6 Å². The number of pyridine rings is 2. The third kappa shape index (κ3) is 7.44. The number of carboxylic acid groups (broad SMARTS) is 1. The average Bonchev–Trinajstić information content (AvgIpc) is 3.43. The molecule has 10 nitrogen and oxygen atoms in total. The molecule has 3 aliphatic carbocycles. The van der Waals surface area contributed by atoms with Crippen molar-refractivity contribution in [3.8, 4) is 40.0 Å². The van der Waals surface area contributed by atoms with Crippen molar-refractivity contribution in [1.29, 1.82) is 0 Å². The number of hydrogen-bond acceptors (Lipinski definition) is 9. The molecule has 5 atom stereocenters. The monoisotopic (exact) mass is 790 g/mol. The number of alkyl halides is 3. The number of carboxylic acids is 1. The number of Topliss-reactive ketones (excluding diaryl/α,β-unsaturated/α-hetero) is 1. The maximum Gasteiger partial charge on any atom is 0.421 e. The number of aliphatic carboxylic acids is 1. The van der Waals surface area contributed by atoms with Gasteiger partial charge in [0.1, 0.15) is 23.5 Å². The van der Waals surface area contributed by atoms with E-state index in [4.69, 9.17) is 30.8 Å². The molecule has 8 rings (SSSR count). The van der Waals surface area contributed by atoms with Crippen LogP contribution in [0.5, 0.6) is 17.6 Å². The van der Waals surface area contributed by atoms with Crippen LogP contribution in [0.3, 0.4) is 0 Å². The third-order valence-corrected chi connectivity index (χ3v) is 12.1. The van der Waals surface area contributed by atoms with Crippen molar-refractivity contribution in [2.24, 2.45) is 17.8 Å². The molecule has 0 radical (unpaired) electrons. The van der Waals surface area contributed by atoms with E-state index >= 15 is 0 Å². The van der Waals surface area contributed by atoms with Crippen LogP contribution in [0.2, 0.25) is 5.02 Å². The van der Waals surface area contributed by atoms with E-state index in [1.54, 1.807) is 12.0 Å². The molecule has 2 aromatic heterocycles. The Morgan fingerprint density at radius 1 is 0.964 bits per heavy atom. The van der Waals surface area contributed by atoms with Crippen LogP contribution in [0.1, 0.15) is 66.0 Å². The normalized spacial score (nSPS) is 22.9. The largest absolute Gasteiger partial charge is 0.481 e. The molecule has 2 saturated carbocycles. The van der Waals surface area contributed by atoms with Gasteiger partial charge in [-0.1, -0.05) is 54.1 Å². The topological polar surface area (TPSA) is 123 Å². The highest BCUT2D eigenvalue weighted by Crippen LogP contribution is 2.51. The second-order valence-electron chi connectivity index (χ2n) is 15.2. The van der Waals surface area contributed by atoms with Crippen LogP contribution in [0, 0.1) is 17.8 Å². The van der Waals surface area contributed by atoms with Crippen LogP contribution in [0.25, 0.3) is 22.4 Å². The number of halogens is 4. The van der Waals surface area contributed by atoms with E-state index in [0.717, 1.165) is 53.3 Å². The highest BCUT2D eigenvalue weighted by molar-refractivity contribution is 6.36. The summed E-state index contributed by atoms with van der Waals surface area (Å²) >= 11 is 7.13. The molecule has 2 N–H and O–H groups in total. The van der Waals surface area contributed by atoms with Gasteiger partial charge in [0, 0.05) is 54.7 Å². The van der Waals surface area contributed by atoms with Crippen molar-refractivity contribution in [3.05, 3.63) is 87.4 Å². The minimum absolute atomic E-state index is 0.0159. The average molecular weight is 791 g/mol. The first kappa shape index (κ1) is 38.2. The highest BCUT2D eigenvalue weighted by Gasteiger charge is 2.55. The number of ether oxygens (including phenoxy) is 3. The lowest BCUT2D eigenvalue weighted by Crippen LogP contribution is -2.39. The molecule has 3 heterocycles. The second kappa shape index (κ2) is 15.3. The lowest BCUT2D eigenvalue weighted by Gasteiger charge is -2.26. The van der Waals surface area contributed by atoms with E-state index in [2.05, 4.69) is 10.3 Å². The molecule has 2 aromatic carbocycles. The maximum atomic E-state index is 14.6. The van der Waals surface area contributed by atoms with E-state index in [1.807, 2.05) is 48.5 Å². The SMILES string of the molecule is COc1nc(-c2cccc(-c3cccc4c3CC[C@@H]4Oc3nc(OC)c(CN4C[C@@H]5C[C@@H]5[C@H]4C(=O)O)cc3C(F)(F)F)c2Cl)ccc1CNC[C@@H]1CCC(=O)C1. The lowest BCUT2D eigenvalue weighted by atomic mass is 9.94. The molecule has 4 aromatic rings. The molecular weight excluding hydrogens is 749 g/mol. The van der Waals surface area contributed by atoms with Gasteiger partial charge in [-0.2, -0.15) is 18.2 Å². The van der Waals surface area contributed by atoms with E-state index in [-0.39, 0.29) is 29.8 Å². The number of aromatic nitrogens is 2. The zero-order valence-electron chi connectivity index (χ0n) is 31.0. The summed E-state index contributed by atoms with van der Waals surface area (Å²) in [5.74, 6) is -0.218. The van der Waals surface area contributed by atoms with Gasteiger partial charge in [-0.05, 0) is 78.8 Å². The summed E-state index contributed by atoms with van der Waals surface area (Å²) in [6.07, 6.45) is -1.58. The van der Waals surface area contributed by atoms with E-state index in [0.29, 0.717) is 72.6 Å². The number of nitrogens with zero attached hydrogens (tertiary/aromatic N) is 3. The predicted octanol–water partition coefficient (Wildman–Crippen LogP) is 7.93. The van der Waals surface area contributed by atoms with Crippen LogP contribution in [0.4, 0.5) is 13.2 Å². The number of carbonyl (C=O) groups is 2. The first-order valence-corrected chi connectivity index (χ1v) is 19.3. The Morgan fingerprint density at radius 2 is 1.71 bits per heavy atom. The number of rotatable bonds is 13. The number of benzene rings is 2. The van der Waals surface area contributed by atoms with Crippen molar-refractivity contribution in [2.45, 2.75) is 69.9 Å². The summed E-state index contributed by atoms with van der Waals surface area (Å²) in [6, 6.07) is 15.4. The number of piperidine rings is 1. The maximum absolute atomic E-state index is 14.6. The molecule has 3 fully saturated rings. The molecule has 56 heavy (non-hydrogen) atoms. The molecule has 0 bridgehead atoms. The Balaban J connectivity index is 1.04. The fourth-order valence-electron chi connectivity index (χ4n) is 8.85. The van der Waals surface area contributed by atoms with Gasteiger partial charge in [0.15, 0.2) is 0 Å².